The molecule has 1 N–H and O–H groups in total. The lowest BCUT2D eigenvalue weighted by Gasteiger charge is -2.62. The van der Waals surface area contributed by atoms with Gasteiger partial charge in [-0.15, -0.1) is 0 Å². The van der Waals surface area contributed by atoms with Gasteiger partial charge in [-0.1, -0.05) is 12.1 Å². The molecule has 1 saturated carbocycles. The smallest absolute Gasteiger partial charge is 0.219 e. The van der Waals surface area contributed by atoms with Crippen LogP contribution in [0.5, 0.6) is 5.75 Å². The highest BCUT2D eigenvalue weighted by molar-refractivity contribution is 5.90. The average Bonchev–Trinajstić information content (AvgIpc) is 2.88. The van der Waals surface area contributed by atoms with Crippen molar-refractivity contribution in [3.8, 4) is 5.75 Å². The van der Waals surface area contributed by atoms with Gasteiger partial charge in [0.25, 0.3) is 0 Å². The van der Waals surface area contributed by atoms with Crippen molar-refractivity contribution in [3.05, 3.63) is 28.8 Å². The molecule has 2 bridgehead atoms. The highest BCUT2D eigenvalue weighted by Crippen LogP contribution is 2.63. The number of benzene rings is 1. The molecule has 0 radical (unpaired) electrons. The first-order valence-corrected chi connectivity index (χ1v) is 8.72. The van der Waals surface area contributed by atoms with Gasteiger partial charge in [-0.3, -0.25) is 9.59 Å². The fraction of sp³-hybridized carbons (Fsp3) is 0.579. The van der Waals surface area contributed by atoms with Crippen LogP contribution in [-0.2, 0) is 21.4 Å². The molecule has 24 heavy (non-hydrogen) atoms. The summed E-state index contributed by atoms with van der Waals surface area (Å²) in [5.74, 6) is 0.866. The predicted octanol–water partition coefficient (Wildman–Crippen LogP) is 1.26. The van der Waals surface area contributed by atoms with Crippen LogP contribution >= 0.6 is 0 Å². The van der Waals surface area contributed by atoms with Crippen molar-refractivity contribution in [3.63, 3.8) is 0 Å². The largest absolute Gasteiger partial charge is 0.481 e. The Balaban J connectivity index is 1.83. The highest BCUT2D eigenvalue weighted by Gasteiger charge is 2.73. The molecular weight excluding hydrogens is 306 g/mol. The third-order valence-corrected chi connectivity index (χ3v) is 6.88. The Morgan fingerprint density at radius 2 is 2.17 bits per heavy atom. The van der Waals surface area contributed by atoms with Gasteiger partial charge in [0.1, 0.15) is 5.75 Å². The minimum absolute atomic E-state index is 0.00794. The van der Waals surface area contributed by atoms with Gasteiger partial charge in [-0.25, -0.2) is 0 Å². The lowest BCUT2D eigenvalue weighted by atomic mass is 9.49. The number of hydrogen-bond acceptors (Lipinski definition) is 4. The first-order valence-electron chi connectivity index (χ1n) is 8.72. The van der Waals surface area contributed by atoms with E-state index in [0.29, 0.717) is 32.2 Å². The maximum absolute atomic E-state index is 12.7. The molecule has 0 aromatic heterocycles. The van der Waals surface area contributed by atoms with E-state index >= 15 is 0 Å². The molecule has 2 aliphatic heterocycles. The van der Waals surface area contributed by atoms with E-state index in [4.69, 9.17) is 4.74 Å². The molecule has 5 nitrogen and oxygen atoms in total. The number of carbonyl (C=O) groups excluding carboxylic acids is 2. The zero-order valence-electron chi connectivity index (χ0n) is 14.0. The molecule has 5 heteroatoms. The first kappa shape index (κ1) is 14.5. The predicted molar refractivity (Wildman–Crippen MR) is 86.0 cm³/mol. The van der Waals surface area contributed by atoms with E-state index in [9.17, 15) is 14.7 Å². The lowest BCUT2D eigenvalue weighted by Crippen LogP contribution is -2.77. The third kappa shape index (κ3) is 1.34. The summed E-state index contributed by atoms with van der Waals surface area (Å²) < 4.78 is 6.17. The van der Waals surface area contributed by atoms with Gasteiger partial charge in [0.05, 0.1) is 17.1 Å². The number of likely N-dealkylation sites (tertiary alicyclic amines) is 1. The second-order valence-electron chi connectivity index (χ2n) is 7.79. The zero-order chi connectivity index (χ0) is 16.9. The Morgan fingerprint density at radius 1 is 1.38 bits per heavy atom. The first-order chi connectivity index (χ1) is 11.4. The Kier molecular flexibility index (Phi) is 2.53. The van der Waals surface area contributed by atoms with E-state index in [2.05, 4.69) is 6.07 Å². The number of nitrogens with zero attached hydrogens (tertiary/aromatic N) is 1. The van der Waals surface area contributed by atoms with Gasteiger partial charge in [0.2, 0.25) is 5.91 Å². The van der Waals surface area contributed by atoms with Crippen molar-refractivity contribution in [1.29, 1.82) is 0 Å². The van der Waals surface area contributed by atoms with E-state index in [0.717, 1.165) is 22.4 Å². The molecule has 2 fully saturated rings. The monoisotopic (exact) mass is 327 g/mol. The maximum Gasteiger partial charge on any atom is 0.219 e. The molecule has 1 amide bonds. The number of rotatable bonds is 0. The van der Waals surface area contributed by atoms with Gasteiger partial charge in [0.15, 0.2) is 11.9 Å². The summed E-state index contributed by atoms with van der Waals surface area (Å²) >= 11 is 0. The van der Waals surface area contributed by atoms with Crippen LogP contribution < -0.4 is 4.74 Å². The minimum atomic E-state index is -1.08. The Hall–Kier alpha value is -1.88. The van der Waals surface area contributed by atoms with Crippen molar-refractivity contribution >= 4 is 11.7 Å². The summed E-state index contributed by atoms with van der Waals surface area (Å²) in [6.07, 6.45) is 1.33. The van der Waals surface area contributed by atoms with Crippen molar-refractivity contribution < 1.29 is 19.4 Å². The summed E-state index contributed by atoms with van der Waals surface area (Å²) in [7, 11) is 0. The quantitative estimate of drug-likeness (QED) is 0.779. The van der Waals surface area contributed by atoms with Gasteiger partial charge in [-0.05, 0) is 37.3 Å². The fourth-order valence-electron chi connectivity index (χ4n) is 5.85. The molecule has 4 aliphatic rings. The summed E-state index contributed by atoms with van der Waals surface area (Å²) in [6.45, 7) is 4.13. The van der Waals surface area contributed by atoms with Crippen LogP contribution in [-0.4, -0.2) is 46.0 Å². The topological polar surface area (TPSA) is 66.8 Å². The zero-order valence-corrected chi connectivity index (χ0v) is 14.0. The highest BCUT2D eigenvalue weighted by atomic mass is 16.5. The van der Waals surface area contributed by atoms with Gasteiger partial charge >= 0.3 is 0 Å². The number of ketones is 1. The van der Waals surface area contributed by atoms with Gasteiger partial charge in [0, 0.05) is 25.5 Å². The number of hydrogen-bond donors (Lipinski definition) is 1. The van der Waals surface area contributed by atoms with Gasteiger partial charge < -0.3 is 14.7 Å². The molecule has 126 valence electrons. The van der Waals surface area contributed by atoms with Crippen molar-refractivity contribution in [2.45, 2.75) is 62.7 Å². The van der Waals surface area contributed by atoms with E-state index in [1.807, 2.05) is 13.0 Å². The van der Waals surface area contributed by atoms with Crippen LogP contribution in [0, 0.1) is 6.92 Å². The van der Waals surface area contributed by atoms with Crippen LogP contribution in [0.15, 0.2) is 12.1 Å². The number of piperidine rings is 1. The molecule has 1 aromatic rings. The Bertz CT molecular complexity index is 803. The molecule has 1 saturated heterocycles. The van der Waals surface area contributed by atoms with E-state index in [1.165, 1.54) is 0 Å². The summed E-state index contributed by atoms with van der Waals surface area (Å²) in [6, 6.07) is 3.83. The molecule has 0 unspecified atom stereocenters. The maximum atomic E-state index is 12.7. The molecule has 2 heterocycles. The number of aliphatic hydroxyl groups is 1. The SMILES string of the molecule is CC(=O)N1CC[C@]23c4c5ccc(C)c4O[C@H]2C(=O)CC[C@@]3(O)[C@H]1C5. The summed E-state index contributed by atoms with van der Waals surface area (Å²) in [4.78, 5) is 26.6. The van der Waals surface area contributed by atoms with Crippen molar-refractivity contribution in [2.75, 3.05) is 6.54 Å². The molecule has 4 atom stereocenters. The molecule has 5 rings (SSSR count). The Morgan fingerprint density at radius 3 is 2.92 bits per heavy atom. The second kappa shape index (κ2) is 4.20. The normalized spacial score (nSPS) is 38.6. The summed E-state index contributed by atoms with van der Waals surface area (Å²) in [5.41, 5.74) is 1.41. The third-order valence-electron chi connectivity index (χ3n) is 6.88. The second-order valence-corrected chi connectivity index (χ2v) is 7.79. The number of ether oxygens (including phenoxy) is 1. The summed E-state index contributed by atoms with van der Waals surface area (Å²) in [5, 5.41) is 11.8. The number of amides is 1. The van der Waals surface area contributed by atoms with Crippen molar-refractivity contribution in [2.24, 2.45) is 0 Å². The average molecular weight is 327 g/mol. The van der Waals surface area contributed by atoms with Crippen LogP contribution in [0.1, 0.15) is 42.9 Å². The molecule has 1 aromatic carbocycles. The van der Waals surface area contributed by atoms with Crippen LogP contribution in [0.2, 0.25) is 0 Å². The minimum Gasteiger partial charge on any atom is -0.481 e. The van der Waals surface area contributed by atoms with E-state index in [1.54, 1.807) is 11.8 Å². The lowest BCUT2D eigenvalue weighted by molar-refractivity contribution is -0.191. The molecule has 2 aliphatic carbocycles. The molecule has 1 spiro atoms. The number of carbonyl (C=O) groups is 2. The fourth-order valence-corrected chi connectivity index (χ4v) is 5.85. The number of Topliss-reactive ketones (excluding diaryl/α,β-unsaturated/α-hetero) is 1. The van der Waals surface area contributed by atoms with E-state index < -0.39 is 17.1 Å². The van der Waals surface area contributed by atoms with Gasteiger partial charge in [-0.2, -0.15) is 0 Å². The number of aryl methyl sites for hydroxylation is 1. The van der Waals surface area contributed by atoms with Crippen LogP contribution in [0.4, 0.5) is 0 Å². The van der Waals surface area contributed by atoms with Crippen LogP contribution in [0.3, 0.4) is 0 Å². The van der Waals surface area contributed by atoms with Crippen LogP contribution in [0.25, 0.3) is 0 Å². The Labute approximate surface area is 140 Å². The standard InChI is InChI=1S/C19H21NO4/c1-10-3-4-12-9-14-19(23)6-5-13(22)17-18(19,15(12)16(10)24-17)7-8-20(14)11(2)21/h3-4,14,17,23H,5-9H2,1-2H3/t14-,17+,18+,19-/m1/s1. The molecular formula is C19H21NO4. The van der Waals surface area contributed by atoms with Crippen molar-refractivity contribution in [1.82, 2.24) is 4.90 Å². The van der Waals surface area contributed by atoms with E-state index in [-0.39, 0.29) is 17.7 Å².